The minimum Gasteiger partial charge on any atom is -0.444 e. The Balaban J connectivity index is 1.84. The summed E-state index contributed by atoms with van der Waals surface area (Å²) in [6, 6.07) is 13.8. The van der Waals surface area contributed by atoms with E-state index in [0.29, 0.717) is 13.0 Å². The highest BCUT2D eigenvalue weighted by Crippen LogP contribution is 2.16. The first-order valence-corrected chi connectivity index (χ1v) is 8.06. The van der Waals surface area contributed by atoms with Crippen LogP contribution in [-0.2, 0) is 11.2 Å². The van der Waals surface area contributed by atoms with Crippen molar-refractivity contribution in [3.8, 4) is 11.3 Å². The monoisotopic (exact) mass is 327 g/mol. The molecular formula is C19H25N3O2. The number of nitrogens with one attached hydrogen (secondary N) is 1. The zero-order valence-corrected chi connectivity index (χ0v) is 14.5. The largest absolute Gasteiger partial charge is 0.444 e. The Hall–Kier alpha value is -2.40. The molecule has 0 saturated carbocycles. The first-order valence-electron chi connectivity index (χ1n) is 8.06. The quantitative estimate of drug-likeness (QED) is 0.884. The number of hydrogen-bond acceptors (Lipinski definition) is 4. The number of benzene rings is 1. The summed E-state index contributed by atoms with van der Waals surface area (Å²) in [4.78, 5) is 16.1. The number of carbonyl (C=O) groups excluding carboxylic acids is 1. The minimum absolute atomic E-state index is 0.193. The van der Waals surface area contributed by atoms with Crippen LogP contribution in [0.3, 0.4) is 0 Å². The van der Waals surface area contributed by atoms with Crippen LogP contribution in [0.5, 0.6) is 0 Å². The smallest absolute Gasteiger partial charge is 0.407 e. The van der Waals surface area contributed by atoms with E-state index in [2.05, 4.69) is 10.3 Å². The number of carbonyl (C=O) groups is 1. The summed E-state index contributed by atoms with van der Waals surface area (Å²) in [6.07, 6.45) is 2.02. The van der Waals surface area contributed by atoms with Crippen molar-refractivity contribution < 1.29 is 9.53 Å². The van der Waals surface area contributed by atoms with E-state index in [0.717, 1.165) is 16.8 Å². The van der Waals surface area contributed by atoms with Crippen molar-refractivity contribution in [2.75, 3.05) is 6.54 Å². The van der Waals surface area contributed by atoms with Crippen molar-refractivity contribution in [3.63, 3.8) is 0 Å². The van der Waals surface area contributed by atoms with Gasteiger partial charge in [-0.25, -0.2) is 4.79 Å². The van der Waals surface area contributed by atoms with Crippen molar-refractivity contribution in [1.82, 2.24) is 10.3 Å². The number of aromatic nitrogens is 1. The summed E-state index contributed by atoms with van der Waals surface area (Å²) in [5, 5.41) is 2.69. The number of pyridine rings is 1. The molecule has 0 radical (unpaired) electrons. The third-order valence-corrected chi connectivity index (χ3v) is 3.30. The number of amides is 1. The Labute approximate surface area is 143 Å². The number of nitrogens with two attached hydrogens (primary N) is 1. The predicted molar refractivity (Wildman–Crippen MR) is 95.6 cm³/mol. The Kier molecular flexibility index (Phi) is 5.93. The normalized spacial score (nSPS) is 12.5. The summed E-state index contributed by atoms with van der Waals surface area (Å²) in [6.45, 7) is 5.83. The number of nitrogens with zero attached hydrogens (tertiary/aromatic N) is 1. The SMILES string of the molecule is CC(C)(C)OC(=O)NCC(N)Cc1ccc(-c2ccccc2)nc1. The van der Waals surface area contributed by atoms with Gasteiger partial charge < -0.3 is 15.8 Å². The van der Waals surface area contributed by atoms with Gasteiger partial charge in [0.2, 0.25) is 0 Å². The highest BCUT2D eigenvalue weighted by atomic mass is 16.6. The lowest BCUT2D eigenvalue weighted by Gasteiger charge is -2.20. The highest BCUT2D eigenvalue weighted by molar-refractivity contribution is 5.67. The maximum atomic E-state index is 11.6. The van der Waals surface area contributed by atoms with Gasteiger partial charge in [0.15, 0.2) is 0 Å². The average Bonchev–Trinajstić information content (AvgIpc) is 2.53. The highest BCUT2D eigenvalue weighted by Gasteiger charge is 2.16. The molecule has 1 atom stereocenters. The van der Waals surface area contributed by atoms with Gasteiger partial charge >= 0.3 is 6.09 Å². The predicted octanol–water partition coefficient (Wildman–Crippen LogP) is 3.14. The van der Waals surface area contributed by atoms with Crippen LogP contribution in [0, 0.1) is 0 Å². The summed E-state index contributed by atoms with van der Waals surface area (Å²) in [5.41, 5.74) is 8.61. The van der Waals surface area contributed by atoms with Crippen LogP contribution in [0.4, 0.5) is 4.79 Å². The molecule has 128 valence electrons. The van der Waals surface area contributed by atoms with Gasteiger partial charge in [-0.15, -0.1) is 0 Å². The maximum absolute atomic E-state index is 11.6. The van der Waals surface area contributed by atoms with Crippen molar-refractivity contribution in [3.05, 3.63) is 54.2 Å². The molecule has 2 rings (SSSR count). The molecule has 1 heterocycles. The van der Waals surface area contributed by atoms with E-state index in [1.54, 1.807) is 0 Å². The molecule has 0 bridgehead atoms. The zero-order chi connectivity index (χ0) is 17.6. The van der Waals surface area contributed by atoms with E-state index in [-0.39, 0.29) is 6.04 Å². The molecule has 0 aliphatic carbocycles. The Morgan fingerprint density at radius 1 is 1.21 bits per heavy atom. The molecular weight excluding hydrogens is 302 g/mol. The summed E-state index contributed by atoms with van der Waals surface area (Å²) in [7, 11) is 0. The van der Waals surface area contributed by atoms with Crippen molar-refractivity contribution in [2.24, 2.45) is 5.73 Å². The second kappa shape index (κ2) is 7.93. The molecule has 1 aromatic heterocycles. The number of hydrogen-bond donors (Lipinski definition) is 2. The van der Waals surface area contributed by atoms with Crippen LogP contribution in [-0.4, -0.2) is 29.3 Å². The second-order valence-corrected chi connectivity index (χ2v) is 6.76. The van der Waals surface area contributed by atoms with E-state index >= 15 is 0 Å². The van der Waals surface area contributed by atoms with Gasteiger partial charge in [-0.2, -0.15) is 0 Å². The molecule has 5 heteroatoms. The summed E-state index contributed by atoms with van der Waals surface area (Å²) >= 11 is 0. The van der Waals surface area contributed by atoms with Crippen LogP contribution in [0.2, 0.25) is 0 Å². The van der Waals surface area contributed by atoms with Crippen molar-refractivity contribution >= 4 is 6.09 Å². The molecule has 0 fully saturated rings. The first-order chi connectivity index (χ1) is 11.3. The molecule has 3 N–H and O–H groups in total. The van der Waals surface area contributed by atoms with E-state index in [1.165, 1.54) is 0 Å². The lowest BCUT2D eigenvalue weighted by molar-refractivity contribution is 0.0524. The third kappa shape index (κ3) is 6.01. The summed E-state index contributed by atoms with van der Waals surface area (Å²) < 4.78 is 5.19. The molecule has 24 heavy (non-hydrogen) atoms. The van der Waals surface area contributed by atoms with Gasteiger partial charge in [0.25, 0.3) is 0 Å². The second-order valence-electron chi connectivity index (χ2n) is 6.76. The molecule has 1 unspecified atom stereocenters. The van der Waals surface area contributed by atoms with Gasteiger partial charge in [0, 0.05) is 24.3 Å². The van der Waals surface area contributed by atoms with Crippen LogP contribution >= 0.6 is 0 Å². The van der Waals surface area contributed by atoms with E-state index < -0.39 is 11.7 Å². The maximum Gasteiger partial charge on any atom is 0.407 e. The van der Waals surface area contributed by atoms with E-state index in [9.17, 15) is 4.79 Å². The van der Waals surface area contributed by atoms with Gasteiger partial charge in [-0.05, 0) is 38.8 Å². The van der Waals surface area contributed by atoms with E-state index in [4.69, 9.17) is 10.5 Å². The number of alkyl carbamates (subject to hydrolysis) is 1. The van der Waals surface area contributed by atoms with Gasteiger partial charge in [0.05, 0.1) is 5.69 Å². The van der Waals surface area contributed by atoms with Crippen molar-refractivity contribution in [2.45, 2.75) is 38.8 Å². The topological polar surface area (TPSA) is 77.2 Å². The van der Waals surface area contributed by atoms with Crippen LogP contribution in [0.15, 0.2) is 48.7 Å². The Morgan fingerprint density at radius 3 is 2.50 bits per heavy atom. The molecule has 1 aromatic carbocycles. The van der Waals surface area contributed by atoms with Crippen LogP contribution in [0.1, 0.15) is 26.3 Å². The van der Waals surface area contributed by atoms with Gasteiger partial charge in [-0.1, -0.05) is 36.4 Å². The lowest BCUT2D eigenvalue weighted by Crippen LogP contribution is -2.41. The van der Waals surface area contributed by atoms with Crippen molar-refractivity contribution in [1.29, 1.82) is 0 Å². The van der Waals surface area contributed by atoms with Crippen LogP contribution in [0.25, 0.3) is 11.3 Å². The molecule has 5 nitrogen and oxygen atoms in total. The fourth-order valence-electron chi connectivity index (χ4n) is 2.23. The molecule has 0 aliphatic heterocycles. The third-order valence-electron chi connectivity index (χ3n) is 3.30. The summed E-state index contributed by atoms with van der Waals surface area (Å²) in [5.74, 6) is 0. The van der Waals surface area contributed by atoms with Gasteiger partial charge in [0.1, 0.15) is 5.60 Å². The molecule has 2 aromatic rings. The number of ether oxygens (including phenoxy) is 1. The fraction of sp³-hybridized carbons (Fsp3) is 0.368. The average molecular weight is 327 g/mol. The molecule has 1 amide bonds. The zero-order valence-electron chi connectivity index (χ0n) is 14.5. The van der Waals surface area contributed by atoms with Crippen LogP contribution < -0.4 is 11.1 Å². The molecule has 0 saturated heterocycles. The molecule has 0 aliphatic rings. The van der Waals surface area contributed by atoms with Gasteiger partial charge in [-0.3, -0.25) is 4.98 Å². The minimum atomic E-state index is -0.509. The Bertz CT molecular complexity index is 649. The lowest BCUT2D eigenvalue weighted by atomic mass is 10.1. The first kappa shape index (κ1) is 17.9. The Morgan fingerprint density at radius 2 is 1.92 bits per heavy atom. The fourth-order valence-corrected chi connectivity index (χ4v) is 2.23. The standard InChI is InChI=1S/C19H25N3O2/c1-19(2,3)24-18(23)22-13-16(20)11-14-9-10-17(21-12-14)15-7-5-4-6-8-15/h4-10,12,16H,11,13,20H2,1-3H3,(H,22,23). The number of rotatable bonds is 5. The van der Waals surface area contributed by atoms with E-state index in [1.807, 2.05) is 69.4 Å². The molecule has 0 spiro atoms.